The molecule has 0 bridgehead atoms. The summed E-state index contributed by atoms with van der Waals surface area (Å²) in [7, 11) is 0. The van der Waals surface area contributed by atoms with Crippen molar-refractivity contribution in [1.29, 1.82) is 0 Å². The molecule has 1 aromatic carbocycles. The van der Waals surface area contributed by atoms with Gasteiger partial charge < -0.3 is 15.5 Å². The predicted octanol–water partition coefficient (Wildman–Crippen LogP) is 2.72. The average Bonchev–Trinajstić information content (AvgIpc) is 3.07. The van der Waals surface area contributed by atoms with E-state index in [2.05, 4.69) is 50.0 Å². The van der Waals surface area contributed by atoms with Crippen LogP contribution in [0.2, 0.25) is 0 Å². The monoisotopic (exact) mass is 299 g/mol. The molecule has 0 aliphatic carbocycles. The number of amides is 2. The van der Waals surface area contributed by atoms with Gasteiger partial charge in [-0.3, -0.25) is 5.10 Å². The molecule has 1 aliphatic rings. The molecule has 0 atom stereocenters. The lowest BCUT2D eigenvalue weighted by atomic mass is 10.1. The van der Waals surface area contributed by atoms with Gasteiger partial charge in [-0.15, -0.1) is 0 Å². The molecule has 0 saturated carbocycles. The maximum atomic E-state index is 11.7. The van der Waals surface area contributed by atoms with Crippen molar-refractivity contribution in [2.45, 2.75) is 25.8 Å². The van der Waals surface area contributed by atoms with Gasteiger partial charge in [0.25, 0.3) is 0 Å². The number of benzene rings is 1. The third-order valence-corrected chi connectivity index (χ3v) is 3.87. The van der Waals surface area contributed by atoms with Gasteiger partial charge in [-0.1, -0.05) is 12.1 Å². The molecule has 22 heavy (non-hydrogen) atoms. The van der Waals surface area contributed by atoms with Gasteiger partial charge in [0.1, 0.15) is 0 Å². The van der Waals surface area contributed by atoms with Gasteiger partial charge in [-0.05, 0) is 37.0 Å². The Morgan fingerprint density at radius 1 is 1.18 bits per heavy atom. The van der Waals surface area contributed by atoms with Gasteiger partial charge in [0, 0.05) is 31.5 Å². The van der Waals surface area contributed by atoms with Crippen molar-refractivity contribution in [3.8, 4) is 0 Å². The molecule has 6 nitrogen and oxygen atoms in total. The van der Waals surface area contributed by atoms with Crippen LogP contribution in [0.3, 0.4) is 0 Å². The molecule has 1 fully saturated rings. The molecule has 116 valence electrons. The lowest BCUT2D eigenvalue weighted by Crippen LogP contribution is -2.29. The molecule has 2 amide bonds. The lowest BCUT2D eigenvalue weighted by molar-refractivity contribution is 0.251. The molecule has 1 aliphatic heterocycles. The van der Waals surface area contributed by atoms with Crippen molar-refractivity contribution >= 4 is 17.4 Å². The highest BCUT2D eigenvalue weighted by atomic mass is 16.2. The highest BCUT2D eigenvalue weighted by molar-refractivity contribution is 5.88. The highest BCUT2D eigenvalue weighted by Crippen LogP contribution is 2.20. The Kier molecular flexibility index (Phi) is 4.58. The summed E-state index contributed by atoms with van der Waals surface area (Å²) in [4.78, 5) is 14.1. The van der Waals surface area contributed by atoms with Crippen LogP contribution in [-0.4, -0.2) is 29.3 Å². The molecule has 2 heterocycles. The Hall–Kier alpha value is -2.50. The number of urea groups is 1. The van der Waals surface area contributed by atoms with Gasteiger partial charge in [0.15, 0.2) is 0 Å². The summed E-state index contributed by atoms with van der Waals surface area (Å²) >= 11 is 0. The number of carbonyl (C=O) groups is 1. The zero-order chi connectivity index (χ0) is 15.2. The summed E-state index contributed by atoms with van der Waals surface area (Å²) in [5.74, 6) is 0. The first-order valence-corrected chi connectivity index (χ1v) is 7.69. The van der Waals surface area contributed by atoms with Crippen LogP contribution < -0.4 is 15.5 Å². The molecule has 2 aromatic rings. The molecule has 3 N–H and O–H groups in total. The van der Waals surface area contributed by atoms with E-state index < -0.39 is 0 Å². The van der Waals surface area contributed by atoms with Crippen LogP contribution in [0.5, 0.6) is 0 Å². The van der Waals surface area contributed by atoms with E-state index in [-0.39, 0.29) is 6.03 Å². The van der Waals surface area contributed by atoms with Crippen LogP contribution in [0.1, 0.15) is 24.8 Å². The second-order valence-corrected chi connectivity index (χ2v) is 5.51. The number of aromatic nitrogens is 2. The molecule has 3 rings (SSSR count). The van der Waals surface area contributed by atoms with E-state index in [0.29, 0.717) is 12.2 Å². The zero-order valence-corrected chi connectivity index (χ0v) is 12.5. The second kappa shape index (κ2) is 6.98. The standard InChI is InChI=1S/C16H21N5O/c22-16(20-14-11-18-19-12-14)17-10-13-4-6-15(7-5-13)21-8-2-1-3-9-21/h4-7,11-12H,1-3,8-10H2,(H,18,19)(H2,17,20,22). The van der Waals surface area contributed by atoms with Gasteiger partial charge >= 0.3 is 6.03 Å². The Bertz CT molecular complexity index is 588. The minimum absolute atomic E-state index is 0.235. The Labute approximate surface area is 129 Å². The molecule has 6 heteroatoms. The van der Waals surface area contributed by atoms with Crippen LogP contribution in [0.4, 0.5) is 16.2 Å². The second-order valence-electron chi connectivity index (χ2n) is 5.51. The van der Waals surface area contributed by atoms with Crippen molar-refractivity contribution in [3.63, 3.8) is 0 Å². The van der Waals surface area contributed by atoms with E-state index in [1.807, 2.05) is 0 Å². The number of nitrogens with one attached hydrogen (secondary N) is 3. The summed E-state index contributed by atoms with van der Waals surface area (Å²) in [6.45, 7) is 2.79. The molecule has 1 aromatic heterocycles. The summed E-state index contributed by atoms with van der Waals surface area (Å²) in [6, 6.07) is 8.18. The maximum absolute atomic E-state index is 11.7. The van der Waals surface area contributed by atoms with Crippen molar-refractivity contribution in [2.24, 2.45) is 0 Å². The number of anilines is 2. The third-order valence-electron chi connectivity index (χ3n) is 3.87. The van der Waals surface area contributed by atoms with E-state index in [1.54, 1.807) is 12.4 Å². The average molecular weight is 299 g/mol. The number of aromatic amines is 1. The summed E-state index contributed by atoms with van der Waals surface area (Å²) in [5.41, 5.74) is 3.01. The van der Waals surface area contributed by atoms with E-state index in [1.165, 1.54) is 24.9 Å². The van der Waals surface area contributed by atoms with Crippen LogP contribution in [0.25, 0.3) is 0 Å². The molecule has 0 unspecified atom stereocenters. The van der Waals surface area contributed by atoms with E-state index in [0.717, 1.165) is 18.7 Å². The maximum Gasteiger partial charge on any atom is 0.319 e. The van der Waals surface area contributed by atoms with Gasteiger partial charge in [-0.2, -0.15) is 5.10 Å². The minimum atomic E-state index is -0.235. The Morgan fingerprint density at radius 2 is 1.95 bits per heavy atom. The first-order valence-electron chi connectivity index (χ1n) is 7.69. The number of hydrogen-bond donors (Lipinski definition) is 3. The molecular weight excluding hydrogens is 278 g/mol. The predicted molar refractivity (Wildman–Crippen MR) is 87.0 cm³/mol. The summed E-state index contributed by atoms with van der Waals surface area (Å²) in [5, 5.41) is 12.0. The largest absolute Gasteiger partial charge is 0.372 e. The SMILES string of the molecule is O=C(NCc1ccc(N2CCCCC2)cc1)Nc1cn[nH]c1. The van der Waals surface area contributed by atoms with Crippen molar-refractivity contribution in [3.05, 3.63) is 42.2 Å². The first kappa shape index (κ1) is 14.4. The van der Waals surface area contributed by atoms with Gasteiger partial charge in [-0.25, -0.2) is 4.79 Å². The van der Waals surface area contributed by atoms with Gasteiger partial charge in [0.2, 0.25) is 0 Å². The van der Waals surface area contributed by atoms with Crippen LogP contribution in [-0.2, 0) is 6.54 Å². The number of nitrogens with zero attached hydrogens (tertiary/aromatic N) is 2. The van der Waals surface area contributed by atoms with Gasteiger partial charge in [0.05, 0.1) is 11.9 Å². The Morgan fingerprint density at radius 3 is 2.64 bits per heavy atom. The highest BCUT2D eigenvalue weighted by Gasteiger charge is 2.10. The van der Waals surface area contributed by atoms with Crippen LogP contribution >= 0.6 is 0 Å². The fraction of sp³-hybridized carbons (Fsp3) is 0.375. The van der Waals surface area contributed by atoms with Crippen molar-refractivity contribution in [2.75, 3.05) is 23.3 Å². The van der Waals surface area contributed by atoms with Crippen molar-refractivity contribution in [1.82, 2.24) is 15.5 Å². The fourth-order valence-corrected chi connectivity index (χ4v) is 2.65. The summed E-state index contributed by atoms with van der Waals surface area (Å²) < 4.78 is 0. The van der Waals surface area contributed by atoms with E-state index in [4.69, 9.17) is 0 Å². The summed E-state index contributed by atoms with van der Waals surface area (Å²) in [6.07, 6.45) is 7.08. The normalized spacial score (nSPS) is 14.6. The third kappa shape index (κ3) is 3.78. The number of hydrogen-bond acceptors (Lipinski definition) is 3. The molecule has 1 saturated heterocycles. The van der Waals surface area contributed by atoms with Crippen molar-refractivity contribution < 1.29 is 4.79 Å². The van der Waals surface area contributed by atoms with E-state index in [9.17, 15) is 4.79 Å². The number of piperidine rings is 1. The topological polar surface area (TPSA) is 73.1 Å². The van der Waals surface area contributed by atoms with Crippen LogP contribution in [0, 0.1) is 0 Å². The molecule has 0 radical (unpaired) electrons. The quantitative estimate of drug-likeness (QED) is 0.812. The number of carbonyl (C=O) groups excluding carboxylic acids is 1. The molecule has 0 spiro atoms. The van der Waals surface area contributed by atoms with Crippen LogP contribution in [0.15, 0.2) is 36.7 Å². The fourth-order valence-electron chi connectivity index (χ4n) is 2.65. The number of rotatable bonds is 4. The molecular formula is C16H21N5O. The smallest absolute Gasteiger partial charge is 0.319 e. The van der Waals surface area contributed by atoms with E-state index >= 15 is 0 Å². The lowest BCUT2D eigenvalue weighted by Gasteiger charge is -2.28. The zero-order valence-electron chi connectivity index (χ0n) is 12.5. The first-order chi connectivity index (χ1) is 10.8. The Balaban J connectivity index is 1.49. The number of H-pyrrole nitrogens is 1. The minimum Gasteiger partial charge on any atom is -0.372 e.